The summed E-state index contributed by atoms with van der Waals surface area (Å²) in [5, 5.41) is 4.10. The molecule has 1 aliphatic heterocycles. The lowest BCUT2D eigenvalue weighted by Gasteiger charge is -2.21. The zero-order valence-corrected chi connectivity index (χ0v) is 15.5. The molecule has 134 valence electrons. The smallest absolute Gasteiger partial charge is 0.264 e. The van der Waals surface area contributed by atoms with Crippen LogP contribution in [0.3, 0.4) is 0 Å². The quantitative estimate of drug-likeness (QED) is 0.693. The molecule has 0 radical (unpaired) electrons. The van der Waals surface area contributed by atoms with Crippen molar-refractivity contribution in [3.63, 3.8) is 0 Å². The highest BCUT2D eigenvalue weighted by Crippen LogP contribution is 2.34. The number of likely N-dealkylation sites (tertiary alicyclic amines) is 1. The summed E-state index contributed by atoms with van der Waals surface area (Å²) in [6, 6.07) is 11.2. The molecule has 1 atom stereocenters. The monoisotopic (exact) mass is 369 g/mol. The van der Waals surface area contributed by atoms with Crippen LogP contribution in [0.4, 0.5) is 0 Å². The van der Waals surface area contributed by atoms with Crippen LogP contribution >= 0.6 is 11.3 Å². The summed E-state index contributed by atoms with van der Waals surface area (Å²) in [5.74, 6) is 1.76. The number of thiophene rings is 1. The number of nitrogens with zero attached hydrogens (tertiary/aromatic N) is 3. The van der Waals surface area contributed by atoms with Crippen molar-refractivity contribution in [2.45, 2.75) is 25.8 Å². The minimum absolute atomic E-state index is 0.0340. The number of carbonyl (C=O) groups excluding carboxylic acids is 1. The maximum Gasteiger partial charge on any atom is 0.264 e. The van der Waals surface area contributed by atoms with Crippen LogP contribution in [-0.2, 0) is 0 Å². The normalized spacial score (nSPS) is 16.8. The van der Waals surface area contributed by atoms with Gasteiger partial charge in [0.1, 0.15) is 11.8 Å². The maximum absolute atomic E-state index is 12.8. The van der Waals surface area contributed by atoms with E-state index in [1.54, 1.807) is 7.11 Å². The number of amides is 1. The Hall–Kier alpha value is -2.67. The molecular weight excluding hydrogens is 350 g/mol. The zero-order chi connectivity index (χ0) is 18.1. The summed E-state index contributed by atoms with van der Waals surface area (Å²) in [4.78, 5) is 21.1. The molecule has 2 aromatic heterocycles. The van der Waals surface area contributed by atoms with Crippen molar-refractivity contribution < 1.29 is 14.1 Å². The molecule has 7 heteroatoms. The van der Waals surface area contributed by atoms with Crippen molar-refractivity contribution in [2.75, 3.05) is 13.7 Å². The van der Waals surface area contributed by atoms with E-state index in [9.17, 15) is 4.79 Å². The third-order valence-corrected chi connectivity index (χ3v) is 5.51. The van der Waals surface area contributed by atoms with Gasteiger partial charge in [0.2, 0.25) is 11.7 Å². The summed E-state index contributed by atoms with van der Waals surface area (Å²) in [6.07, 6.45) is 1.76. The molecule has 0 spiro atoms. The van der Waals surface area contributed by atoms with Crippen LogP contribution in [0, 0.1) is 6.92 Å². The van der Waals surface area contributed by atoms with E-state index in [1.165, 1.54) is 11.3 Å². The van der Waals surface area contributed by atoms with Crippen LogP contribution in [0.2, 0.25) is 0 Å². The molecule has 1 aliphatic rings. The Morgan fingerprint density at radius 3 is 3.00 bits per heavy atom. The number of carbonyl (C=O) groups is 1. The molecule has 0 bridgehead atoms. The third-order valence-electron chi connectivity index (χ3n) is 4.52. The van der Waals surface area contributed by atoms with Gasteiger partial charge in [0, 0.05) is 17.0 Å². The van der Waals surface area contributed by atoms with Gasteiger partial charge in [-0.2, -0.15) is 4.98 Å². The number of ether oxygens (including phenoxy) is 1. The van der Waals surface area contributed by atoms with Crippen LogP contribution < -0.4 is 4.74 Å². The molecule has 0 aliphatic carbocycles. The van der Waals surface area contributed by atoms with Crippen LogP contribution in [0.1, 0.15) is 39.3 Å². The summed E-state index contributed by atoms with van der Waals surface area (Å²) in [6.45, 7) is 2.71. The number of hydrogen-bond donors (Lipinski definition) is 0. The largest absolute Gasteiger partial charge is 0.497 e. The average molecular weight is 369 g/mol. The summed E-state index contributed by atoms with van der Waals surface area (Å²) in [5.41, 5.74) is 0.823. The van der Waals surface area contributed by atoms with E-state index in [0.29, 0.717) is 18.3 Å². The maximum atomic E-state index is 12.8. The number of aromatic nitrogens is 2. The lowest BCUT2D eigenvalue weighted by atomic mass is 10.2. The van der Waals surface area contributed by atoms with Crippen LogP contribution in [0.25, 0.3) is 11.4 Å². The molecule has 3 aromatic rings. The van der Waals surface area contributed by atoms with Crippen molar-refractivity contribution in [2.24, 2.45) is 0 Å². The van der Waals surface area contributed by atoms with Gasteiger partial charge < -0.3 is 14.2 Å². The van der Waals surface area contributed by atoms with Gasteiger partial charge in [0.05, 0.1) is 12.0 Å². The molecule has 1 amide bonds. The van der Waals surface area contributed by atoms with Crippen molar-refractivity contribution in [1.82, 2.24) is 15.0 Å². The predicted octanol–water partition coefficient (Wildman–Crippen LogP) is 4.09. The second-order valence-corrected chi connectivity index (χ2v) is 7.54. The number of hydrogen-bond acceptors (Lipinski definition) is 6. The lowest BCUT2D eigenvalue weighted by molar-refractivity contribution is 0.0715. The Balaban J connectivity index is 1.59. The van der Waals surface area contributed by atoms with Crippen LogP contribution in [0.5, 0.6) is 5.75 Å². The first-order valence-electron chi connectivity index (χ1n) is 8.51. The van der Waals surface area contributed by atoms with Crippen molar-refractivity contribution in [3.05, 3.63) is 52.0 Å². The van der Waals surface area contributed by atoms with Crippen molar-refractivity contribution in [3.8, 4) is 17.1 Å². The first-order valence-corrected chi connectivity index (χ1v) is 9.33. The fourth-order valence-electron chi connectivity index (χ4n) is 3.21. The standard InChI is InChI=1S/C19H19N3O3S/c1-12-8-9-16(26-12)19(23)22-10-4-7-15(22)18-20-17(21-25-18)13-5-3-6-14(11-13)24-2/h3,5-6,8-9,11,15H,4,7,10H2,1-2H3/t15-/m0/s1. The molecule has 6 nitrogen and oxygen atoms in total. The summed E-state index contributed by atoms with van der Waals surface area (Å²) < 4.78 is 10.8. The molecule has 1 fully saturated rings. The lowest BCUT2D eigenvalue weighted by Crippen LogP contribution is -2.30. The highest BCUT2D eigenvalue weighted by Gasteiger charge is 2.35. The predicted molar refractivity (Wildman–Crippen MR) is 98.4 cm³/mol. The molecule has 0 saturated carbocycles. The fraction of sp³-hybridized carbons (Fsp3) is 0.316. The highest BCUT2D eigenvalue weighted by atomic mass is 32.1. The van der Waals surface area contributed by atoms with E-state index in [2.05, 4.69) is 10.1 Å². The molecule has 1 aromatic carbocycles. The SMILES string of the molecule is COc1cccc(-c2noc([C@@H]3CCCN3C(=O)c3ccc(C)s3)n2)c1. The van der Waals surface area contributed by atoms with Gasteiger partial charge in [-0.1, -0.05) is 17.3 Å². The topological polar surface area (TPSA) is 68.5 Å². The fourth-order valence-corrected chi connectivity index (χ4v) is 4.03. The number of rotatable bonds is 4. The Morgan fingerprint density at radius 1 is 1.35 bits per heavy atom. The van der Waals surface area contributed by atoms with Gasteiger partial charge in [0.25, 0.3) is 5.91 Å². The van der Waals surface area contributed by atoms with E-state index in [4.69, 9.17) is 9.26 Å². The third kappa shape index (κ3) is 3.10. The van der Waals surface area contributed by atoms with Crippen molar-refractivity contribution in [1.29, 1.82) is 0 Å². The van der Waals surface area contributed by atoms with Gasteiger partial charge >= 0.3 is 0 Å². The highest BCUT2D eigenvalue weighted by molar-refractivity contribution is 7.13. The van der Waals surface area contributed by atoms with E-state index in [1.807, 2.05) is 48.2 Å². The first-order chi connectivity index (χ1) is 12.7. The Morgan fingerprint density at radius 2 is 2.23 bits per heavy atom. The Labute approximate surface area is 155 Å². The first kappa shape index (κ1) is 16.8. The Bertz CT molecular complexity index is 934. The average Bonchev–Trinajstić information content (AvgIpc) is 3.40. The van der Waals surface area contributed by atoms with E-state index in [-0.39, 0.29) is 11.9 Å². The number of methoxy groups -OCH3 is 1. The number of benzene rings is 1. The summed E-state index contributed by atoms with van der Waals surface area (Å²) in [7, 11) is 1.62. The molecule has 0 N–H and O–H groups in total. The number of aryl methyl sites for hydroxylation is 1. The molecule has 26 heavy (non-hydrogen) atoms. The van der Waals surface area contributed by atoms with E-state index >= 15 is 0 Å². The van der Waals surface area contributed by atoms with E-state index < -0.39 is 0 Å². The molecule has 4 rings (SSSR count). The van der Waals surface area contributed by atoms with Gasteiger partial charge in [-0.25, -0.2) is 0 Å². The van der Waals surface area contributed by atoms with Gasteiger partial charge in [0.15, 0.2) is 0 Å². The second kappa shape index (κ2) is 6.92. The second-order valence-electron chi connectivity index (χ2n) is 6.26. The zero-order valence-electron chi connectivity index (χ0n) is 14.6. The molecule has 1 saturated heterocycles. The van der Waals surface area contributed by atoms with Crippen LogP contribution in [-0.4, -0.2) is 34.6 Å². The summed E-state index contributed by atoms with van der Waals surface area (Å²) >= 11 is 1.51. The van der Waals surface area contributed by atoms with Gasteiger partial charge in [-0.15, -0.1) is 11.3 Å². The molecule has 3 heterocycles. The van der Waals surface area contributed by atoms with Crippen molar-refractivity contribution >= 4 is 17.2 Å². The minimum atomic E-state index is -0.170. The van der Waals surface area contributed by atoms with Gasteiger partial charge in [-0.3, -0.25) is 4.79 Å². The molecular formula is C19H19N3O3S. The minimum Gasteiger partial charge on any atom is -0.497 e. The Kier molecular flexibility index (Phi) is 4.46. The van der Waals surface area contributed by atoms with Crippen LogP contribution in [0.15, 0.2) is 40.9 Å². The van der Waals surface area contributed by atoms with E-state index in [0.717, 1.165) is 33.9 Å². The van der Waals surface area contributed by atoms with Gasteiger partial charge in [-0.05, 0) is 44.0 Å². The molecule has 0 unspecified atom stereocenters.